The van der Waals surface area contributed by atoms with Gasteiger partial charge in [-0.1, -0.05) is 52.3 Å². The summed E-state index contributed by atoms with van der Waals surface area (Å²) >= 11 is 6.17. The van der Waals surface area contributed by atoms with E-state index in [-0.39, 0.29) is 5.41 Å². The molecule has 1 atom stereocenters. The van der Waals surface area contributed by atoms with Gasteiger partial charge in [-0.3, -0.25) is 0 Å². The van der Waals surface area contributed by atoms with Gasteiger partial charge in [0, 0.05) is 5.02 Å². The van der Waals surface area contributed by atoms with Crippen LogP contribution in [0, 0.1) is 5.41 Å². The van der Waals surface area contributed by atoms with Gasteiger partial charge in [-0.2, -0.15) is 0 Å². The Hall–Kier alpha value is -0.490. The fourth-order valence-corrected chi connectivity index (χ4v) is 3.29. The summed E-state index contributed by atoms with van der Waals surface area (Å²) in [6, 6.07) is 6.46. The molecule has 0 aliphatic heterocycles. The lowest BCUT2D eigenvalue weighted by molar-refractivity contribution is 0.257. The van der Waals surface area contributed by atoms with E-state index in [9.17, 15) is 0 Å². The van der Waals surface area contributed by atoms with Crippen molar-refractivity contribution in [3.8, 4) is 0 Å². The van der Waals surface area contributed by atoms with Gasteiger partial charge in [-0.15, -0.1) is 0 Å². The molecule has 1 aromatic rings. The normalized spacial score (nSPS) is 23.3. The summed E-state index contributed by atoms with van der Waals surface area (Å²) < 4.78 is 0. The van der Waals surface area contributed by atoms with Crippen LogP contribution in [0.4, 0.5) is 0 Å². The first kappa shape index (κ1) is 13.0. The second-order valence-electron chi connectivity index (χ2n) is 7.07. The Balaban J connectivity index is 2.56. The van der Waals surface area contributed by atoms with Crippen molar-refractivity contribution in [1.29, 1.82) is 0 Å². The second-order valence-corrected chi connectivity index (χ2v) is 7.51. The van der Waals surface area contributed by atoms with Crippen LogP contribution >= 0.6 is 11.6 Å². The third kappa shape index (κ3) is 2.38. The molecule has 0 bridgehead atoms. The fraction of sp³-hybridized carbons (Fsp3) is 0.625. The fourth-order valence-electron chi connectivity index (χ4n) is 3.11. The summed E-state index contributed by atoms with van der Waals surface area (Å²) in [7, 11) is 0. The molecule has 1 aliphatic carbocycles. The van der Waals surface area contributed by atoms with Gasteiger partial charge >= 0.3 is 0 Å². The average Bonchev–Trinajstić information content (AvgIpc) is 2.17. The van der Waals surface area contributed by atoms with E-state index < -0.39 is 0 Å². The molecule has 0 N–H and O–H groups in total. The minimum Gasteiger partial charge on any atom is -0.0843 e. The molecule has 1 unspecified atom stereocenters. The Morgan fingerprint density at radius 1 is 1.24 bits per heavy atom. The van der Waals surface area contributed by atoms with E-state index in [1.807, 2.05) is 6.07 Å². The standard InChI is InChI=1S/C16H23Cl/c1-15(2,3)13-8-9-16(4,5)14-10-11(17)6-7-12(13)14/h6-7,10,13H,8-9H2,1-5H3. The molecule has 0 fully saturated rings. The van der Waals surface area contributed by atoms with Crippen molar-refractivity contribution in [3.05, 3.63) is 34.3 Å². The highest BCUT2D eigenvalue weighted by molar-refractivity contribution is 6.30. The van der Waals surface area contributed by atoms with Crippen LogP contribution in [0.1, 0.15) is 64.5 Å². The van der Waals surface area contributed by atoms with E-state index in [0.29, 0.717) is 11.3 Å². The van der Waals surface area contributed by atoms with Gasteiger partial charge in [0.25, 0.3) is 0 Å². The van der Waals surface area contributed by atoms with Crippen LogP contribution in [0.15, 0.2) is 18.2 Å². The van der Waals surface area contributed by atoms with E-state index in [1.54, 1.807) is 0 Å². The number of hydrogen-bond acceptors (Lipinski definition) is 0. The van der Waals surface area contributed by atoms with Crippen molar-refractivity contribution in [2.75, 3.05) is 0 Å². The molecule has 0 spiro atoms. The van der Waals surface area contributed by atoms with Crippen molar-refractivity contribution in [3.63, 3.8) is 0 Å². The molecular weight excluding hydrogens is 228 g/mol. The van der Waals surface area contributed by atoms with Gasteiger partial charge in [-0.05, 0) is 52.8 Å². The van der Waals surface area contributed by atoms with Crippen molar-refractivity contribution in [2.45, 2.75) is 58.8 Å². The summed E-state index contributed by atoms with van der Waals surface area (Å²) in [4.78, 5) is 0. The molecule has 17 heavy (non-hydrogen) atoms. The lowest BCUT2D eigenvalue weighted by Gasteiger charge is -2.42. The highest BCUT2D eigenvalue weighted by Crippen LogP contribution is 2.49. The number of rotatable bonds is 0. The summed E-state index contributed by atoms with van der Waals surface area (Å²) in [6.45, 7) is 11.7. The zero-order chi connectivity index (χ0) is 12.8. The first-order chi connectivity index (χ1) is 7.72. The number of hydrogen-bond donors (Lipinski definition) is 0. The quantitative estimate of drug-likeness (QED) is 0.567. The van der Waals surface area contributed by atoms with Gasteiger partial charge in [-0.25, -0.2) is 0 Å². The zero-order valence-corrected chi connectivity index (χ0v) is 12.4. The maximum atomic E-state index is 6.17. The number of halogens is 1. The topological polar surface area (TPSA) is 0 Å². The van der Waals surface area contributed by atoms with Crippen LogP contribution in [0.3, 0.4) is 0 Å². The summed E-state index contributed by atoms with van der Waals surface area (Å²) in [5, 5.41) is 0.867. The van der Waals surface area contributed by atoms with Gasteiger partial charge in [0.1, 0.15) is 0 Å². The Morgan fingerprint density at radius 3 is 2.47 bits per heavy atom. The lowest BCUT2D eigenvalue weighted by atomic mass is 9.62. The molecule has 94 valence electrons. The largest absolute Gasteiger partial charge is 0.0843 e. The number of fused-ring (bicyclic) bond motifs is 1. The Kier molecular flexibility index (Phi) is 3.06. The highest BCUT2D eigenvalue weighted by Gasteiger charge is 2.37. The summed E-state index contributed by atoms with van der Waals surface area (Å²) in [6.07, 6.45) is 2.54. The van der Waals surface area contributed by atoms with Crippen molar-refractivity contribution >= 4 is 11.6 Å². The molecule has 2 rings (SSSR count). The maximum absolute atomic E-state index is 6.17. The molecule has 0 amide bonds. The summed E-state index contributed by atoms with van der Waals surface area (Å²) in [5.74, 6) is 0.655. The molecule has 0 nitrogen and oxygen atoms in total. The smallest absolute Gasteiger partial charge is 0.0409 e. The van der Waals surface area contributed by atoms with Gasteiger partial charge in [0.2, 0.25) is 0 Å². The Morgan fingerprint density at radius 2 is 1.88 bits per heavy atom. The number of benzene rings is 1. The van der Waals surface area contributed by atoms with Gasteiger partial charge in [0.05, 0.1) is 0 Å². The van der Waals surface area contributed by atoms with Crippen molar-refractivity contribution < 1.29 is 0 Å². The molecule has 0 heterocycles. The molecular formula is C16H23Cl. The predicted molar refractivity (Wildman–Crippen MR) is 75.9 cm³/mol. The van der Waals surface area contributed by atoms with Crippen molar-refractivity contribution in [1.82, 2.24) is 0 Å². The SMILES string of the molecule is CC1(C)CCC(C(C)(C)C)c2ccc(Cl)cc21. The van der Waals surface area contributed by atoms with E-state index in [2.05, 4.69) is 46.8 Å². The summed E-state index contributed by atoms with van der Waals surface area (Å²) in [5.41, 5.74) is 3.57. The molecule has 0 saturated heterocycles. The van der Waals surface area contributed by atoms with Crippen LogP contribution in [0.25, 0.3) is 0 Å². The monoisotopic (exact) mass is 250 g/mol. The van der Waals surface area contributed by atoms with Crippen molar-refractivity contribution in [2.24, 2.45) is 5.41 Å². The minimum absolute atomic E-state index is 0.266. The van der Waals surface area contributed by atoms with E-state index >= 15 is 0 Å². The first-order valence-electron chi connectivity index (χ1n) is 6.52. The highest BCUT2D eigenvalue weighted by atomic mass is 35.5. The Labute approximate surface area is 110 Å². The Bertz CT molecular complexity index is 424. The molecule has 0 radical (unpaired) electrons. The lowest BCUT2D eigenvalue weighted by Crippen LogP contribution is -2.31. The van der Waals surface area contributed by atoms with Gasteiger partial charge in [0.15, 0.2) is 0 Å². The molecule has 0 saturated carbocycles. The van der Waals surface area contributed by atoms with Crippen LogP contribution in [-0.4, -0.2) is 0 Å². The van der Waals surface area contributed by atoms with E-state index in [1.165, 1.54) is 24.0 Å². The molecule has 1 aliphatic rings. The average molecular weight is 251 g/mol. The van der Waals surface area contributed by atoms with E-state index in [4.69, 9.17) is 11.6 Å². The van der Waals surface area contributed by atoms with Crippen LogP contribution in [0.2, 0.25) is 5.02 Å². The third-order valence-corrected chi connectivity index (χ3v) is 4.46. The molecule has 1 aromatic carbocycles. The van der Waals surface area contributed by atoms with Crippen LogP contribution in [-0.2, 0) is 5.41 Å². The van der Waals surface area contributed by atoms with Gasteiger partial charge < -0.3 is 0 Å². The molecule has 0 aromatic heterocycles. The maximum Gasteiger partial charge on any atom is 0.0409 e. The first-order valence-corrected chi connectivity index (χ1v) is 6.89. The minimum atomic E-state index is 0.266. The zero-order valence-electron chi connectivity index (χ0n) is 11.6. The predicted octanol–water partition coefficient (Wildman–Crippen LogP) is 5.54. The van der Waals surface area contributed by atoms with Crippen LogP contribution in [0.5, 0.6) is 0 Å². The molecule has 1 heteroatoms. The third-order valence-electron chi connectivity index (χ3n) is 4.22. The second kappa shape index (κ2) is 4.02. The van der Waals surface area contributed by atoms with E-state index in [0.717, 1.165) is 5.02 Å². The van der Waals surface area contributed by atoms with Crippen LogP contribution < -0.4 is 0 Å².